The predicted molar refractivity (Wildman–Crippen MR) is 101 cm³/mol. The molecule has 1 heterocycles. The van der Waals surface area contributed by atoms with E-state index in [4.69, 9.17) is 9.47 Å². The topological polar surface area (TPSA) is 102 Å². The number of ether oxygens (including phenoxy) is 2. The quantitative estimate of drug-likeness (QED) is 0.710. The summed E-state index contributed by atoms with van der Waals surface area (Å²) in [7, 11) is -3.77. The monoisotopic (exact) mass is 410 g/mol. The minimum absolute atomic E-state index is 0.0123. The molecule has 0 unspecified atom stereocenters. The van der Waals surface area contributed by atoms with E-state index >= 15 is 0 Å². The lowest BCUT2D eigenvalue weighted by Gasteiger charge is -2.34. The van der Waals surface area contributed by atoms with Crippen LogP contribution < -0.4 is 5.32 Å². The van der Waals surface area contributed by atoms with Gasteiger partial charge in [0.2, 0.25) is 10.0 Å². The van der Waals surface area contributed by atoms with Gasteiger partial charge in [-0.15, -0.1) is 0 Å². The number of benzene rings is 1. The summed E-state index contributed by atoms with van der Waals surface area (Å²) in [6, 6.07) is 5.86. The summed E-state index contributed by atoms with van der Waals surface area (Å²) < 4.78 is 38.1. The molecule has 1 amide bonds. The lowest BCUT2D eigenvalue weighted by atomic mass is 10.2. The number of rotatable bonds is 6. The first-order valence-electron chi connectivity index (χ1n) is 9.44. The maximum Gasteiger partial charge on any atom is 0.338 e. The van der Waals surface area contributed by atoms with Crippen LogP contribution in [0.2, 0.25) is 0 Å². The second kappa shape index (κ2) is 8.18. The highest BCUT2D eigenvalue weighted by Crippen LogP contribution is 2.22. The van der Waals surface area contributed by atoms with Crippen molar-refractivity contribution >= 4 is 21.9 Å². The van der Waals surface area contributed by atoms with E-state index in [2.05, 4.69) is 5.32 Å². The first-order chi connectivity index (χ1) is 13.2. The van der Waals surface area contributed by atoms with Crippen LogP contribution in [0.1, 0.15) is 44.0 Å². The van der Waals surface area contributed by atoms with E-state index < -0.39 is 22.1 Å². The molecule has 1 aliphatic heterocycles. The molecule has 1 aliphatic carbocycles. The molecule has 1 N–H and O–H groups in total. The lowest BCUT2D eigenvalue weighted by molar-refractivity contribution is -0.129. The summed E-state index contributed by atoms with van der Waals surface area (Å²) in [6.07, 6.45) is 0.500. The zero-order valence-electron chi connectivity index (χ0n) is 16.3. The van der Waals surface area contributed by atoms with Gasteiger partial charge in [0.1, 0.15) is 0 Å². The van der Waals surface area contributed by atoms with Gasteiger partial charge in [-0.3, -0.25) is 4.79 Å². The van der Waals surface area contributed by atoms with Crippen molar-refractivity contribution in [2.24, 2.45) is 0 Å². The van der Waals surface area contributed by atoms with Crippen LogP contribution >= 0.6 is 0 Å². The Morgan fingerprint density at radius 2 is 1.86 bits per heavy atom. The van der Waals surface area contributed by atoms with Gasteiger partial charge < -0.3 is 14.8 Å². The Hall–Kier alpha value is -1.97. The first kappa shape index (κ1) is 20.8. The second-order valence-corrected chi connectivity index (χ2v) is 9.38. The third-order valence-electron chi connectivity index (χ3n) is 4.67. The minimum Gasteiger partial charge on any atom is -0.449 e. The number of carbonyl (C=O) groups is 2. The molecule has 3 atom stereocenters. The van der Waals surface area contributed by atoms with Gasteiger partial charge in [-0.25, -0.2) is 13.2 Å². The fourth-order valence-electron chi connectivity index (χ4n) is 3.09. The van der Waals surface area contributed by atoms with E-state index in [1.165, 1.54) is 35.5 Å². The Kier molecular flexibility index (Phi) is 6.07. The zero-order chi connectivity index (χ0) is 20.5. The third kappa shape index (κ3) is 4.89. The molecule has 154 valence electrons. The van der Waals surface area contributed by atoms with Crippen molar-refractivity contribution in [3.63, 3.8) is 0 Å². The molecule has 0 radical (unpaired) electrons. The molecule has 1 aromatic carbocycles. The fraction of sp³-hybridized carbons (Fsp3) is 0.579. The van der Waals surface area contributed by atoms with Gasteiger partial charge in [0.15, 0.2) is 6.10 Å². The Labute approximate surface area is 165 Å². The maximum absolute atomic E-state index is 13.0. The number of nitrogens with zero attached hydrogens (tertiary/aromatic N) is 1. The fourth-order valence-corrected chi connectivity index (χ4v) is 4.72. The maximum atomic E-state index is 13.0. The summed E-state index contributed by atoms with van der Waals surface area (Å²) in [5.41, 5.74) is 0.0847. The zero-order valence-corrected chi connectivity index (χ0v) is 17.1. The molecule has 8 nitrogen and oxygen atoms in total. The lowest BCUT2D eigenvalue weighted by Crippen LogP contribution is -2.48. The second-order valence-electron chi connectivity index (χ2n) is 7.44. The molecule has 1 saturated heterocycles. The number of hydrogen-bond donors (Lipinski definition) is 1. The van der Waals surface area contributed by atoms with Gasteiger partial charge in [-0.1, -0.05) is 6.07 Å². The standard InChI is InChI=1S/C19H26N2O6S/c1-12-10-21(11-13(2)26-12)28(24,25)17-6-4-5-15(9-17)19(23)27-14(3)18(22)20-16-7-8-16/h4-6,9,12-14,16H,7-8,10-11H2,1-3H3,(H,20,22)/t12-,13+,14-/m1/s1. The van der Waals surface area contributed by atoms with E-state index in [-0.39, 0.29) is 47.7 Å². The van der Waals surface area contributed by atoms with E-state index in [0.717, 1.165) is 12.8 Å². The average molecular weight is 410 g/mol. The van der Waals surface area contributed by atoms with Crippen LogP contribution in [0.3, 0.4) is 0 Å². The summed E-state index contributed by atoms with van der Waals surface area (Å²) in [5.74, 6) is -1.09. The van der Waals surface area contributed by atoms with Crippen LogP contribution in [0.25, 0.3) is 0 Å². The number of sulfonamides is 1. The number of nitrogens with one attached hydrogen (secondary N) is 1. The van der Waals surface area contributed by atoms with Crippen molar-refractivity contribution in [1.82, 2.24) is 9.62 Å². The highest BCUT2D eigenvalue weighted by atomic mass is 32.2. The van der Waals surface area contributed by atoms with Crippen LogP contribution in [0.15, 0.2) is 29.2 Å². The molecule has 28 heavy (non-hydrogen) atoms. The smallest absolute Gasteiger partial charge is 0.338 e. The average Bonchev–Trinajstić information content (AvgIpc) is 3.44. The van der Waals surface area contributed by atoms with Crippen molar-refractivity contribution in [1.29, 1.82) is 0 Å². The van der Waals surface area contributed by atoms with E-state index in [9.17, 15) is 18.0 Å². The molecule has 1 aromatic rings. The Morgan fingerprint density at radius 3 is 2.46 bits per heavy atom. The number of morpholine rings is 1. The van der Waals surface area contributed by atoms with Gasteiger partial charge in [0, 0.05) is 19.1 Å². The Morgan fingerprint density at radius 1 is 1.21 bits per heavy atom. The molecule has 0 spiro atoms. The summed E-state index contributed by atoms with van der Waals surface area (Å²) >= 11 is 0. The molecular formula is C19H26N2O6S. The molecule has 2 fully saturated rings. The van der Waals surface area contributed by atoms with E-state index in [1.54, 1.807) is 0 Å². The first-order valence-corrected chi connectivity index (χ1v) is 10.9. The molecule has 3 rings (SSSR count). The number of amides is 1. The van der Waals surface area contributed by atoms with Crippen molar-refractivity contribution in [2.45, 2.75) is 62.9 Å². The van der Waals surface area contributed by atoms with Crippen LogP contribution in [0, 0.1) is 0 Å². The molecule has 9 heteroatoms. The van der Waals surface area contributed by atoms with Crippen LogP contribution in [-0.2, 0) is 24.3 Å². The summed E-state index contributed by atoms with van der Waals surface area (Å²) in [6.45, 7) is 5.63. The number of carbonyl (C=O) groups excluding carboxylic acids is 2. The van der Waals surface area contributed by atoms with Crippen LogP contribution in [-0.4, -0.2) is 62.0 Å². The van der Waals surface area contributed by atoms with E-state index in [1.807, 2.05) is 13.8 Å². The minimum atomic E-state index is -3.77. The molecule has 2 aliphatic rings. The normalized spacial score (nSPS) is 24.4. The van der Waals surface area contributed by atoms with Crippen molar-refractivity contribution in [2.75, 3.05) is 13.1 Å². The van der Waals surface area contributed by atoms with Crippen molar-refractivity contribution in [3.05, 3.63) is 29.8 Å². The van der Waals surface area contributed by atoms with Crippen molar-refractivity contribution < 1.29 is 27.5 Å². The molecule has 0 aromatic heterocycles. The highest BCUT2D eigenvalue weighted by Gasteiger charge is 2.33. The van der Waals surface area contributed by atoms with Crippen LogP contribution in [0.4, 0.5) is 0 Å². The van der Waals surface area contributed by atoms with Gasteiger partial charge in [-0.05, 0) is 51.8 Å². The highest BCUT2D eigenvalue weighted by molar-refractivity contribution is 7.89. The van der Waals surface area contributed by atoms with Crippen molar-refractivity contribution in [3.8, 4) is 0 Å². The molecular weight excluding hydrogens is 384 g/mol. The van der Waals surface area contributed by atoms with Crippen LogP contribution in [0.5, 0.6) is 0 Å². The van der Waals surface area contributed by atoms with Gasteiger partial charge in [0.05, 0.1) is 22.7 Å². The number of hydrogen-bond acceptors (Lipinski definition) is 6. The largest absolute Gasteiger partial charge is 0.449 e. The van der Waals surface area contributed by atoms with Gasteiger partial charge in [0.25, 0.3) is 5.91 Å². The SMILES string of the molecule is C[C@@H]1CN(S(=O)(=O)c2cccc(C(=O)O[C@H](C)C(=O)NC3CC3)c2)C[C@H](C)O1. The third-order valence-corrected chi connectivity index (χ3v) is 6.50. The Balaban J connectivity index is 1.71. The molecule has 0 bridgehead atoms. The summed E-state index contributed by atoms with van der Waals surface area (Å²) in [4.78, 5) is 24.4. The van der Waals surface area contributed by atoms with Gasteiger partial charge >= 0.3 is 5.97 Å². The number of esters is 1. The predicted octanol–water partition coefficient (Wildman–Crippen LogP) is 1.31. The summed E-state index contributed by atoms with van der Waals surface area (Å²) in [5, 5.41) is 2.77. The molecule has 1 saturated carbocycles. The van der Waals surface area contributed by atoms with Gasteiger partial charge in [-0.2, -0.15) is 4.31 Å². The Bertz CT molecular complexity index is 842. The van der Waals surface area contributed by atoms with E-state index in [0.29, 0.717) is 0 Å².